The van der Waals surface area contributed by atoms with Gasteiger partial charge < -0.3 is 5.32 Å². The summed E-state index contributed by atoms with van der Waals surface area (Å²) in [6, 6.07) is 3.52. The highest BCUT2D eigenvalue weighted by atomic mass is 35.5. The maximum absolute atomic E-state index is 11.5. The van der Waals surface area contributed by atoms with Crippen molar-refractivity contribution in [3.05, 3.63) is 21.3 Å². The Morgan fingerprint density at radius 2 is 2.19 bits per heavy atom. The number of amides is 1. The summed E-state index contributed by atoms with van der Waals surface area (Å²) < 4.78 is 22.9. The Bertz CT molecular complexity index is 481. The van der Waals surface area contributed by atoms with E-state index in [1.54, 1.807) is 12.1 Å². The minimum atomic E-state index is -3.34. The summed E-state index contributed by atoms with van der Waals surface area (Å²) in [6.07, 6.45) is 1.04. The van der Waals surface area contributed by atoms with E-state index in [-0.39, 0.29) is 0 Å². The van der Waals surface area contributed by atoms with Crippen LogP contribution in [-0.4, -0.2) is 25.8 Å². The Labute approximate surface area is 104 Å². The lowest BCUT2D eigenvalue weighted by atomic mass is 10.4. The van der Waals surface area contributed by atoms with Gasteiger partial charge in [-0.25, -0.2) is 8.42 Å². The second kappa shape index (κ2) is 5.16. The molecule has 90 valence electrons. The van der Waals surface area contributed by atoms with Crippen molar-refractivity contribution in [3.8, 4) is 0 Å². The lowest BCUT2D eigenvalue weighted by molar-refractivity contribution is -0.120. The first-order chi connectivity index (χ1) is 7.30. The van der Waals surface area contributed by atoms with E-state index in [4.69, 9.17) is 11.6 Å². The maximum Gasteiger partial charge on any atom is 0.238 e. The molecule has 1 aromatic rings. The Morgan fingerprint density at radius 1 is 1.56 bits per heavy atom. The van der Waals surface area contributed by atoms with E-state index in [1.807, 2.05) is 0 Å². The summed E-state index contributed by atoms with van der Waals surface area (Å²) >= 11 is 7.07. The molecular formula is C9H12ClNO3S2. The van der Waals surface area contributed by atoms with E-state index < -0.39 is 21.0 Å². The van der Waals surface area contributed by atoms with Crippen LogP contribution in [0.3, 0.4) is 0 Å². The number of nitrogens with one attached hydrogen (secondary N) is 1. The number of carbonyl (C=O) groups excluding carboxylic acids is 1. The third-order valence-electron chi connectivity index (χ3n) is 2.08. The van der Waals surface area contributed by atoms with Gasteiger partial charge in [0.05, 0.1) is 10.9 Å². The predicted octanol–water partition coefficient (Wildman–Crippen LogP) is 1.45. The van der Waals surface area contributed by atoms with Gasteiger partial charge in [-0.05, 0) is 19.1 Å². The largest absolute Gasteiger partial charge is 0.350 e. The molecular weight excluding hydrogens is 270 g/mol. The molecule has 0 saturated heterocycles. The molecule has 1 N–H and O–H groups in total. The molecule has 0 aliphatic carbocycles. The molecule has 1 heterocycles. The number of hydrogen-bond donors (Lipinski definition) is 1. The number of thiophene rings is 1. The molecule has 1 atom stereocenters. The molecule has 1 rings (SSSR count). The van der Waals surface area contributed by atoms with Crippen LogP contribution in [-0.2, 0) is 21.2 Å². The van der Waals surface area contributed by atoms with Gasteiger partial charge >= 0.3 is 0 Å². The van der Waals surface area contributed by atoms with Crippen molar-refractivity contribution in [2.75, 3.05) is 6.26 Å². The van der Waals surface area contributed by atoms with Crippen molar-refractivity contribution >= 4 is 38.7 Å². The van der Waals surface area contributed by atoms with Gasteiger partial charge in [0.1, 0.15) is 5.25 Å². The highest BCUT2D eigenvalue weighted by Gasteiger charge is 2.22. The lowest BCUT2D eigenvalue weighted by Gasteiger charge is -2.09. The van der Waals surface area contributed by atoms with Gasteiger partial charge in [0.25, 0.3) is 0 Å². The van der Waals surface area contributed by atoms with Gasteiger partial charge in [-0.3, -0.25) is 4.79 Å². The molecule has 16 heavy (non-hydrogen) atoms. The standard InChI is InChI=1S/C9H12ClNO3S2/c1-6(16(2,13)14)9(12)11-5-7-3-4-8(10)15-7/h3-4,6H,5H2,1-2H3,(H,11,12)/t6-/m0/s1. The normalized spacial score (nSPS) is 13.4. The van der Waals surface area contributed by atoms with Gasteiger partial charge in [0.15, 0.2) is 9.84 Å². The second-order valence-electron chi connectivity index (χ2n) is 3.40. The fourth-order valence-corrected chi connectivity index (χ4v) is 2.46. The van der Waals surface area contributed by atoms with Crippen LogP contribution in [0.15, 0.2) is 12.1 Å². The van der Waals surface area contributed by atoms with Crippen molar-refractivity contribution in [3.63, 3.8) is 0 Å². The highest BCUT2D eigenvalue weighted by molar-refractivity contribution is 7.92. The first-order valence-corrected chi connectivity index (χ1v) is 7.66. The molecule has 1 amide bonds. The van der Waals surface area contributed by atoms with Crippen LogP contribution < -0.4 is 5.32 Å². The fraction of sp³-hybridized carbons (Fsp3) is 0.444. The van der Waals surface area contributed by atoms with Crippen molar-refractivity contribution in [1.29, 1.82) is 0 Å². The fourth-order valence-electron chi connectivity index (χ4n) is 0.959. The molecule has 1 aromatic heterocycles. The average Bonchev–Trinajstić information content (AvgIpc) is 2.58. The Morgan fingerprint density at radius 3 is 2.62 bits per heavy atom. The van der Waals surface area contributed by atoms with Crippen LogP contribution in [0, 0.1) is 0 Å². The molecule has 0 aromatic carbocycles. The van der Waals surface area contributed by atoms with E-state index in [0.717, 1.165) is 11.1 Å². The van der Waals surface area contributed by atoms with Crippen molar-refractivity contribution in [2.24, 2.45) is 0 Å². The van der Waals surface area contributed by atoms with Crippen molar-refractivity contribution in [2.45, 2.75) is 18.7 Å². The van der Waals surface area contributed by atoms with E-state index >= 15 is 0 Å². The molecule has 0 fully saturated rings. The monoisotopic (exact) mass is 281 g/mol. The smallest absolute Gasteiger partial charge is 0.238 e. The molecule has 0 unspecified atom stereocenters. The Balaban J connectivity index is 2.54. The first kappa shape index (κ1) is 13.5. The second-order valence-corrected chi connectivity index (χ2v) is 7.56. The zero-order valence-corrected chi connectivity index (χ0v) is 11.2. The lowest BCUT2D eigenvalue weighted by Crippen LogP contribution is -2.36. The number of rotatable bonds is 4. The van der Waals surface area contributed by atoms with Crippen molar-refractivity contribution in [1.82, 2.24) is 5.32 Å². The summed E-state index contributed by atoms with van der Waals surface area (Å²) in [7, 11) is -3.34. The third kappa shape index (κ3) is 3.77. The van der Waals surface area contributed by atoms with Gasteiger partial charge in [-0.15, -0.1) is 11.3 Å². The summed E-state index contributed by atoms with van der Waals surface area (Å²) in [5.41, 5.74) is 0. The van der Waals surface area contributed by atoms with E-state index in [1.165, 1.54) is 18.3 Å². The number of hydrogen-bond acceptors (Lipinski definition) is 4. The number of sulfone groups is 1. The molecule has 0 spiro atoms. The van der Waals surface area contributed by atoms with E-state index in [0.29, 0.717) is 10.9 Å². The average molecular weight is 282 g/mol. The summed E-state index contributed by atoms with van der Waals surface area (Å²) in [6.45, 7) is 1.67. The molecule has 4 nitrogen and oxygen atoms in total. The van der Waals surface area contributed by atoms with Crippen LogP contribution in [0.1, 0.15) is 11.8 Å². The predicted molar refractivity (Wildman–Crippen MR) is 65.5 cm³/mol. The van der Waals surface area contributed by atoms with Gasteiger partial charge in [-0.1, -0.05) is 11.6 Å². The van der Waals surface area contributed by atoms with Crippen LogP contribution in [0.4, 0.5) is 0 Å². The quantitative estimate of drug-likeness (QED) is 0.909. The van der Waals surface area contributed by atoms with Crippen LogP contribution in [0.2, 0.25) is 4.34 Å². The zero-order chi connectivity index (χ0) is 12.3. The Kier molecular flexibility index (Phi) is 4.35. The molecule has 0 radical (unpaired) electrons. The van der Waals surface area contributed by atoms with Gasteiger partial charge in [0, 0.05) is 11.1 Å². The minimum absolute atomic E-state index is 0.302. The number of halogens is 1. The topological polar surface area (TPSA) is 63.2 Å². The SMILES string of the molecule is C[C@@H](C(=O)NCc1ccc(Cl)s1)S(C)(=O)=O. The van der Waals surface area contributed by atoms with Gasteiger partial charge in [0.2, 0.25) is 5.91 Å². The van der Waals surface area contributed by atoms with E-state index in [2.05, 4.69) is 5.32 Å². The molecule has 0 bridgehead atoms. The zero-order valence-electron chi connectivity index (χ0n) is 8.86. The van der Waals surface area contributed by atoms with Gasteiger partial charge in [-0.2, -0.15) is 0 Å². The van der Waals surface area contributed by atoms with Crippen molar-refractivity contribution < 1.29 is 13.2 Å². The molecule has 0 aliphatic heterocycles. The maximum atomic E-state index is 11.5. The summed E-state index contributed by atoms with van der Waals surface area (Å²) in [5, 5.41) is 1.53. The molecule has 0 aliphatic rings. The van der Waals surface area contributed by atoms with Crippen LogP contribution >= 0.6 is 22.9 Å². The Hall–Kier alpha value is -0.590. The van der Waals surface area contributed by atoms with Crippen LogP contribution in [0.5, 0.6) is 0 Å². The van der Waals surface area contributed by atoms with Crippen LogP contribution in [0.25, 0.3) is 0 Å². The minimum Gasteiger partial charge on any atom is -0.350 e. The number of carbonyl (C=O) groups is 1. The molecule has 0 saturated carbocycles. The molecule has 7 heteroatoms. The first-order valence-electron chi connectivity index (χ1n) is 4.51. The van der Waals surface area contributed by atoms with E-state index in [9.17, 15) is 13.2 Å². The summed E-state index contributed by atoms with van der Waals surface area (Å²) in [5.74, 6) is -0.493. The third-order valence-corrected chi connectivity index (χ3v) is 4.81. The highest BCUT2D eigenvalue weighted by Crippen LogP contribution is 2.21. The summed E-state index contributed by atoms with van der Waals surface area (Å²) in [4.78, 5) is 12.3.